The molecular weight excluding hydrogens is 216 g/mol. The minimum Gasteiger partial charge on any atom is -0.396 e. The highest BCUT2D eigenvalue weighted by molar-refractivity contribution is 6.11. The van der Waals surface area contributed by atoms with E-state index in [-0.39, 0.29) is 0 Å². The second-order valence-electron chi connectivity index (χ2n) is 3.61. The highest BCUT2D eigenvalue weighted by Gasteiger charge is 2.10. The van der Waals surface area contributed by atoms with E-state index in [0.29, 0.717) is 18.0 Å². The molecule has 0 saturated heterocycles. The summed E-state index contributed by atoms with van der Waals surface area (Å²) in [6.07, 6.45) is 1.52. The Bertz CT molecular complexity index is 487. The molecule has 0 aliphatic heterocycles. The number of rotatable bonds is 4. The molecule has 0 amide bonds. The molecule has 2 aromatic rings. The molecular formula is C13H14N2O2. The van der Waals surface area contributed by atoms with Crippen LogP contribution in [0, 0.1) is 6.92 Å². The smallest absolute Gasteiger partial charge is 0.139 e. The zero-order valence-electron chi connectivity index (χ0n) is 9.88. The van der Waals surface area contributed by atoms with E-state index in [9.17, 15) is 0 Å². The first-order valence-corrected chi connectivity index (χ1v) is 5.49. The van der Waals surface area contributed by atoms with Crippen molar-refractivity contribution < 1.29 is 9.36 Å². The van der Waals surface area contributed by atoms with E-state index in [4.69, 9.17) is 9.36 Å². The Balaban J connectivity index is 2.37. The number of hydrogen-bond acceptors (Lipinski definition) is 4. The summed E-state index contributed by atoms with van der Waals surface area (Å²) < 4.78 is 4.83. The number of nitrogens with zero attached hydrogens (tertiary/aromatic N) is 2. The third-order valence-electron chi connectivity index (χ3n) is 2.29. The minimum atomic E-state index is 0.521. The number of aromatic nitrogens is 1. The van der Waals surface area contributed by atoms with Crippen molar-refractivity contribution in [3.05, 3.63) is 53.4 Å². The Morgan fingerprint density at radius 1 is 1.29 bits per heavy atom. The van der Waals surface area contributed by atoms with E-state index in [1.165, 1.54) is 11.8 Å². The van der Waals surface area contributed by atoms with Gasteiger partial charge < -0.3 is 9.36 Å². The second-order valence-corrected chi connectivity index (χ2v) is 3.61. The third-order valence-corrected chi connectivity index (χ3v) is 2.29. The number of hydrogen-bond donors (Lipinski definition) is 0. The molecule has 4 heteroatoms. The first kappa shape index (κ1) is 11.4. The van der Waals surface area contributed by atoms with E-state index >= 15 is 0 Å². The standard InChI is InChI=1S/C13H14N2O2/c1-3-16-15-13(12-8-9-17-14-12)11-6-4-10(2)5-7-11/h4-9H,3H2,1-2H3. The molecule has 0 spiro atoms. The number of oxime groups is 1. The maximum Gasteiger partial charge on any atom is 0.139 e. The topological polar surface area (TPSA) is 47.6 Å². The van der Waals surface area contributed by atoms with Crippen LogP contribution in [-0.4, -0.2) is 17.5 Å². The Morgan fingerprint density at radius 2 is 2.06 bits per heavy atom. The lowest BCUT2D eigenvalue weighted by Crippen LogP contribution is -2.05. The Labute approximate surface area is 99.9 Å². The zero-order chi connectivity index (χ0) is 12.1. The van der Waals surface area contributed by atoms with Gasteiger partial charge in [0.25, 0.3) is 0 Å². The van der Waals surface area contributed by atoms with Crippen LogP contribution in [0.2, 0.25) is 0 Å². The van der Waals surface area contributed by atoms with Gasteiger partial charge in [0, 0.05) is 11.6 Å². The van der Waals surface area contributed by atoms with Crippen LogP contribution in [0.25, 0.3) is 0 Å². The Morgan fingerprint density at radius 3 is 2.65 bits per heavy atom. The molecule has 0 atom stereocenters. The molecule has 0 saturated carbocycles. The van der Waals surface area contributed by atoms with Gasteiger partial charge in [-0.25, -0.2) is 0 Å². The monoisotopic (exact) mass is 230 g/mol. The summed E-state index contributed by atoms with van der Waals surface area (Å²) in [5.74, 6) is 0. The summed E-state index contributed by atoms with van der Waals surface area (Å²) in [5, 5.41) is 7.96. The quantitative estimate of drug-likeness (QED) is 0.599. The zero-order valence-corrected chi connectivity index (χ0v) is 9.88. The van der Waals surface area contributed by atoms with Crippen LogP contribution in [-0.2, 0) is 4.84 Å². The molecule has 0 radical (unpaired) electrons. The van der Waals surface area contributed by atoms with Crippen LogP contribution >= 0.6 is 0 Å². The van der Waals surface area contributed by atoms with E-state index in [1.54, 1.807) is 6.07 Å². The molecule has 0 fully saturated rings. The van der Waals surface area contributed by atoms with Crippen molar-refractivity contribution in [3.8, 4) is 0 Å². The van der Waals surface area contributed by atoms with Gasteiger partial charge in [-0.1, -0.05) is 40.1 Å². The largest absolute Gasteiger partial charge is 0.396 e. The average Bonchev–Trinajstić information content (AvgIpc) is 2.85. The van der Waals surface area contributed by atoms with Crippen LogP contribution in [0.1, 0.15) is 23.7 Å². The number of benzene rings is 1. The third kappa shape index (κ3) is 2.72. The van der Waals surface area contributed by atoms with Gasteiger partial charge in [-0.2, -0.15) is 0 Å². The van der Waals surface area contributed by atoms with E-state index in [2.05, 4.69) is 10.3 Å². The first-order chi connectivity index (χ1) is 8.31. The van der Waals surface area contributed by atoms with Crippen LogP contribution < -0.4 is 0 Å². The molecule has 1 aromatic heterocycles. The van der Waals surface area contributed by atoms with Crippen molar-refractivity contribution in [2.45, 2.75) is 13.8 Å². The molecule has 4 nitrogen and oxygen atoms in total. The summed E-state index contributed by atoms with van der Waals surface area (Å²) in [6, 6.07) is 9.79. The number of aryl methyl sites for hydroxylation is 1. The fourth-order valence-electron chi connectivity index (χ4n) is 1.42. The van der Waals surface area contributed by atoms with Gasteiger partial charge in [0.15, 0.2) is 0 Å². The van der Waals surface area contributed by atoms with Crippen molar-refractivity contribution in [1.29, 1.82) is 0 Å². The van der Waals surface area contributed by atoms with Crippen molar-refractivity contribution in [1.82, 2.24) is 5.16 Å². The van der Waals surface area contributed by atoms with Crippen molar-refractivity contribution in [3.63, 3.8) is 0 Å². The fraction of sp³-hybridized carbons (Fsp3) is 0.231. The predicted octanol–water partition coefficient (Wildman–Crippen LogP) is 2.77. The molecule has 0 unspecified atom stereocenters. The van der Waals surface area contributed by atoms with Gasteiger partial charge in [0.2, 0.25) is 0 Å². The molecule has 1 aromatic carbocycles. The minimum absolute atomic E-state index is 0.521. The highest BCUT2D eigenvalue weighted by Crippen LogP contribution is 2.11. The summed E-state index contributed by atoms with van der Waals surface area (Å²) >= 11 is 0. The maximum atomic E-state index is 5.11. The second kappa shape index (κ2) is 5.30. The lowest BCUT2D eigenvalue weighted by Gasteiger charge is -2.03. The highest BCUT2D eigenvalue weighted by atomic mass is 16.6. The van der Waals surface area contributed by atoms with Crippen molar-refractivity contribution in [2.75, 3.05) is 6.61 Å². The van der Waals surface area contributed by atoms with Crippen molar-refractivity contribution in [2.24, 2.45) is 5.16 Å². The van der Waals surface area contributed by atoms with Crippen LogP contribution in [0.15, 0.2) is 46.3 Å². The van der Waals surface area contributed by atoms with Crippen LogP contribution in [0.5, 0.6) is 0 Å². The lowest BCUT2D eigenvalue weighted by molar-refractivity contribution is 0.159. The van der Waals surface area contributed by atoms with Gasteiger partial charge >= 0.3 is 0 Å². The Hall–Kier alpha value is -2.10. The van der Waals surface area contributed by atoms with Crippen LogP contribution in [0.3, 0.4) is 0 Å². The Kier molecular flexibility index (Phi) is 3.55. The lowest BCUT2D eigenvalue weighted by atomic mass is 10.1. The fourth-order valence-corrected chi connectivity index (χ4v) is 1.42. The van der Waals surface area contributed by atoms with E-state index in [1.807, 2.05) is 38.1 Å². The summed E-state index contributed by atoms with van der Waals surface area (Å²) in [7, 11) is 0. The van der Waals surface area contributed by atoms with Crippen LogP contribution in [0.4, 0.5) is 0 Å². The van der Waals surface area contributed by atoms with Gasteiger partial charge in [-0.05, 0) is 13.8 Å². The average molecular weight is 230 g/mol. The molecule has 0 bridgehead atoms. The van der Waals surface area contributed by atoms with Gasteiger partial charge in [0.05, 0.1) is 0 Å². The molecule has 2 rings (SSSR count). The molecule has 88 valence electrons. The molecule has 1 heterocycles. The summed E-state index contributed by atoms with van der Waals surface area (Å²) in [5.41, 5.74) is 3.51. The first-order valence-electron chi connectivity index (χ1n) is 5.49. The van der Waals surface area contributed by atoms with Gasteiger partial charge in [-0.15, -0.1) is 0 Å². The SMILES string of the molecule is CCON=C(c1ccc(C)cc1)c1ccon1. The predicted molar refractivity (Wildman–Crippen MR) is 64.9 cm³/mol. The molecule has 0 aliphatic carbocycles. The molecule has 17 heavy (non-hydrogen) atoms. The van der Waals surface area contributed by atoms with E-state index in [0.717, 1.165) is 5.56 Å². The van der Waals surface area contributed by atoms with Gasteiger partial charge in [0.1, 0.15) is 24.3 Å². The van der Waals surface area contributed by atoms with E-state index < -0.39 is 0 Å². The summed E-state index contributed by atoms with van der Waals surface area (Å²) in [4.78, 5) is 5.11. The normalized spacial score (nSPS) is 11.5. The van der Waals surface area contributed by atoms with Gasteiger partial charge in [-0.3, -0.25) is 0 Å². The summed E-state index contributed by atoms with van der Waals surface area (Å²) in [6.45, 7) is 4.45. The maximum absolute atomic E-state index is 5.11. The van der Waals surface area contributed by atoms with Crippen molar-refractivity contribution >= 4 is 5.71 Å². The molecule has 0 aliphatic rings. The molecule has 0 N–H and O–H groups in total.